The van der Waals surface area contributed by atoms with Crippen LogP contribution in [0.15, 0.2) is 61.1 Å². The number of hydrogen-bond acceptors (Lipinski definition) is 6. The minimum atomic E-state index is 0.0876. The first-order chi connectivity index (χ1) is 18.6. The van der Waals surface area contributed by atoms with E-state index in [0.717, 1.165) is 75.0 Å². The van der Waals surface area contributed by atoms with Gasteiger partial charge in [0.05, 0.1) is 17.4 Å². The lowest BCUT2D eigenvalue weighted by Crippen LogP contribution is -2.20. The first-order valence-corrected chi connectivity index (χ1v) is 13.6. The molecule has 9 heteroatoms. The summed E-state index contributed by atoms with van der Waals surface area (Å²) in [5.74, 6) is 0.850. The summed E-state index contributed by atoms with van der Waals surface area (Å²) >= 11 is 1.74. The number of fused-ring (bicyclic) bond motifs is 2. The van der Waals surface area contributed by atoms with E-state index in [1.54, 1.807) is 23.7 Å². The highest BCUT2D eigenvalue weighted by Gasteiger charge is 2.23. The first-order valence-electron chi connectivity index (χ1n) is 12.8. The quantitative estimate of drug-likeness (QED) is 0.234. The predicted octanol–water partition coefficient (Wildman–Crippen LogP) is 6.73. The summed E-state index contributed by atoms with van der Waals surface area (Å²) in [5, 5.41) is 11.7. The SMILES string of the molecule is Cc1ccc(-c2ccnc3[nH]c(-c4n[nH]c5ccc(-c6cncc(NC(=O)C7CCCC7)c6)cc45)nc23)s1. The molecule has 1 aliphatic rings. The van der Waals surface area contributed by atoms with Gasteiger partial charge in [-0.05, 0) is 61.7 Å². The molecule has 1 aliphatic carbocycles. The Labute approximate surface area is 222 Å². The van der Waals surface area contributed by atoms with Crippen LogP contribution < -0.4 is 5.32 Å². The minimum Gasteiger partial charge on any atom is -0.324 e. The molecule has 188 valence electrons. The Balaban J connectivity index is 1.24. The Morgan fingerprint density at radius 3 is 2.79 bits per heavy atom. The molecule has 0 bridgehead atoms. The smallest absolute Gasteiger partial charge is 0.227 e. The maximum Gasteiger partial charge on any atom is 0.227 e. The number of nitrogens with one attached hydrogen (secondary N) is 3. The molecule has 6 aromatic rings. The molecule has 0 unspecified atom stereocenters. The number of aryl methyl sites for hydroxylation is 1. The molecule has 1 amide bonds. The van der Waals surface area contributed by atoms with Crippen molar-refractivity contribution in [2.24, 2.45) is 5.92 Å². The highest BCUT2D eigenvalue weighted by molar-refractivity contribution is 7.15. The van der Waals surface area contributed by atoms with Gasteiger partial charge >= 0.3 is 0 Å². The maximum absolute atomic E-state index is 12.6. The van der Waals surface area contributed by atoms with Crippen molar-refractivity contribution in [2.45, 2.75) is 32.6 Å². The lowest BCUT2D eigenvalue weighted by atomic mass is 10.0. The van der Waals surface area contributed by atoms with Crippen LogP contribution >= 0.6 is 11.3 Å². The zero-order valence-electron chi connectivity index (χ0n) is 20.8. The van der Waals surface area contributed by atoms with Crippen molar-refractivity contribution in [1.29, 1.82) is 0 Å². The summed E-state index contributed by atoms with van der Waals surface area (Å²) in [6.07, 6.45) is 9.49. The maximum atomic E-state index is 12.6. The Morgan fingerprint density at radius 1 is 1.05 bits per heavy atom. The van der Waals surface area contributed by atoms with Crippen molar-refractivity contribution in [3.63, 3.8) is 0 Å². The molecule has 7 rings (SSSR count). The number of anilines is 1. The van der Waals surface area contributed by atoms with Gasteiger partial charge in [-0.15, -0.1) is 11.3 Å². The van der Waals surface area contributed by atoms with Crippen molar-refractivity contribution in [1.82, 2.24) is 30.1 Å². The molecular weight excluding hydrogens is 494 g/mol. The average Bonchev–Trinajstić information content (AvgIpc) is 3.74. The molecule has 5 heterocycles. The van der Waals surface area contributed by atoms with Gasteiger partial charge in [0.1, 0.15) is 11.2 Å². The number of H-pyrrole nitrogens is 2. The zero-order valence-corrected chi connectivity index (χ0v) is 21.6. The van der Waals surface area contributed by atoms with Crippen molar-refractivity contribution in [3.05, 3.63) is 65.9 Å². The van der Waals surface area contributed by atoms with Crippen molar-refractivity contribution >= 4 is 45.0 Å². The van der Waals surface area contributed by atoms with E-state index < -0.39 is 0 Å². The number of hydrogen-bond donors (Lipinski definition) is 3. The normalized spacial score (nSPS) is 14.0. The van der Waals surface area contributed by atoms with Crippen LogP contribution in [0, 0.1) is 12.8 Å². The van der Waals surface area contributed by atoms with Crippen LogP contribution in [-0.2, 0) is 4.79 Å². The molecule has 0 saturated heterocycles. The van der Waals surface area contributed by atoms with Gasteiger partial charge in [0.15, 0.2) is 11.5 Å². The summed E-state index contributed by atoms with van der Waals surface area (Å²) in [6.45, 7) is 2.10. The number of carbonyl (C=O) groups excluding carboxylic acids is 1. The van der Waals surface area contributed by atoms with E-state index in [9.17, 15) is 4.79 Å². The topological polar surface area (TPSA) is 112 Å². The monoisotopic (exact) mass is 519 g/mol. The van der Waals surface area contributed by atoms with Crippen LogP contribution in [-0.4, -0.2) is 36.0 Å². The van der Waals surface area contributed by atoms with Crippen LogP contribution in [0.3, 0.4) is 0 Å². The lowest BCUT2D eigenvalue weighted by Gasteiger charge is -2.11. The van der Waals surface area contributed by atoms with Crippen LogP contribution in [0.4, 0.5) is 5.69 Å². The number of carbonyl (C=O) groups is 1. The molecule has 0 aliphatic heterocycles. The molecule has 3 N–H and O–H groups in total. The molecular formula is C29H25N7OS. The molecule has 5 aromatic heterocycles. The largest absolute Gasteiger partial charge is 0.324 e. The van der Waals surface area contributed by atoms with Gasteiger partial charge in [-0.25, -0.2) is 9.97 Å². The van der Waals surface area contributed by atoms with Gasteiger partial charge in [0.2, 0.25) is 5.91 Å². The number of thiophene rings is 1. The zero-order chi connectivity index (χ0) is 25.6. The Morgan fingerprint density at radius 2 is 1.95 bits per heavy atom. The van der Waals surface area contributed by atoms with E-state index in [1.807, 2.05) is 30.5 Å². The van der Waals surface area contributed by atoms with E-state index in [-0.39, 0.29) is 11.8 Å². The Bertz CT molecular complexity index is 1810. The number of benzene rings is 1. The molecule has 0 radical (unpaired) electrons. The number of aromatic nitrogens is 6. The number of pyridine rings is 2. The van der Waals surface area contributed by atoms with Gasteiger partial charge < -0.3 is 10.3 Å². The summed E-state index contributed by atoms with van der Waals surface area (Å²) in [4.78, 5) is 32.2. The average molecular weight is 520 g/mol. The van der Waals surface area contributed by atoms with Gasteiger partial charge in [0, 0.05) is 44.6 Å². The Hall–Kier alpha value is -4.37. The summed E-state index contributed by atoms with van der Waals surface area (Å²) in [5.41, 5.74) is 6.86. The highest BCUT2D eigenvalue weighted by Crippen LogP contribution is 2.35. The molecule has 1 saturated carbocycles. The summed E-state index contributed by atoms with van der Waals surface area (Å²) < 4.78 is 0. The standard InChI is InChI=1S/C29H25N7OS/c1-16-6-9-24(38-16)21-10-11-31-27-25(21)33-28(34-27)26-22-13-18(7-8-23(22)35-36-26)19-12-20(15-30-14-19)32-29(37)17-4-2-3-5-17/h6-15,17H,2-5H2,1H3,(H,32,37)(H,35,36)(H,31,33,34). The number of nitrogens with zero attached hydrogens (tertiary/aromatic N) is 4. The van der Waals surface area contributed by atoms with Gasteiger partial charge in [-0.2, -0.15) is 5.10 Å². The molecule has 1 fully saturated rings. The van der Waals surface area contributed by atoms with Crippen LogP contribution in [0.2, 0.25) is 0 Å². The number of rotatable bonds is 5. The van der Waals surface area contributed by atoms with Gasteiger partial charge in [0.25, 0.3) is 0 Å². The van der Waals surface area contributed by atoms with Gasteiger partial charge in [-0.1, -0.05) is 18.9 Å². The number of aromatic amines is 2. The molecule has 0 spiro atoms. The third kappa shape index (κ3) is 4.05. The number of amides is 1. The van der Waals surface area contributed by atoms with E-state index in [0.29, 0.717) is 11.5 Å². The molecule has 0 atom stereocenters. The highest BCUT2D eigenvalue weighted by atomic mass is 32.1. The third-order valence-corrected chi connectivity index (χ3v) is 8.28. The second-order valence-corrected chi connectivity index (χ2v) is 11.1. The van der Waals surface area contributed by atoms with E-state index in [1.165, 1.54) is 4.88 Å². The van der Waals surface area contributed by atoms with Crippen molar-refractivity contribution < 1.29 is 4.79 Å². The van der Waals surface area contributed by atoms with Crippen LogP contribution in [0.1, 0.15) is 30.6 Å². The predicted molar refractivity (Wildman–Crippen MR) is 151 cm³/mol. The fourth-order valence-electron chi connectivity index (χ4n) is 5.27. The van der Waals surface area contributed by atoms with Crippen LogP contribution in [0.5, 0.6) is 0 Å². The van der Waals surface area contributed by atoms with E-state index in [2.05, 4.69) is 55.6 Å². The molecule has 1 aromatic carbocycles. The fraction of sp³-hybridized carbons (Fsp3) is 0.207. The molecule has 38 heavy (non-hydrogen) atoms. The van der Waals surface area contributed by atoms with Crippen molar-refractivity contribution in [2.75, 3.05) is 5.32 Å². The van der Waals surface area contributed by atoms with Crippen molar-refractivity contribution in [3.8, 4) is 33.1 Å². The Kier molecular flexibility index (Phi) is 5.51. The summed E-state index contributed by atoms with van der Waals surface area (Å²) in [6, 6.07) is 14.3. The van der Waals surface area contributed by atoms with Gasteiger partial charge in [-0.3, -0.25) is 14.9 Å². The fourth-order valence-corrected chi connectivity index (χ4v) is 6.17. The summed E-state index contributed by atoms with van der Waals surface area (Å²) in [7, 11) is 0. The van der Waals surface area contributed by atoms with E-state index in [4.69, 9.17) is 4.98 Å². The van der Waals surface area contributed by atoms with Crippen LogP contribution in [0.25, 0.3) is 55.2 Å². The number of imidazole rings is 1. The lowest BCUT2D eigenvalue weighted by molar-refractivity contribution is -0.119. The second-order valence-electron chi connectivity index (χ2n) is 9.82. The first kappa shape index (κ1) is 22.8. The third-order valence-electron chi connectivity index (χ3n) is 7.24. The minimum absolute atomic E-state index is 0.0876. The molecule has 8 nitrogen and oxygen atoms in total. The van der Waals surface area contributed by atoms with E-state index >= 15 is 0 Å². The second kappa shape index (κ2) is 9.18.